The third kappa shape index (κ3) is 5.08. The summed E-state index contributed by atoms with van der Waals surface area (Å²) in [6.07, 6.45) is 2.59. The lowest BCUT2D eigenvalue weighted by Gasteiger charge is -2.23. The third-order valence-corrected chi connectivity index (χ3v) is 7.32. The van der Waals surface area contributed by atoms with E-state index in [4.69, 9.17) is 9.84 Å². The molecule has 0 radical (unpaired) electrons. The van der Waals surface area contributed by atoms with Crippen molar-refractivity contribution < 1.29 is 24.2 Å². The first-order chi connectivity index (χ1) is 16.3. The van der Waals surface area contributed by atoms with Gasteiger partial charge in [0.05, 0.1) is 0 Å². The average Bonchev–Trinajstić information content (AvgIpc) is 3.42. The number of carbonyl (C=O) groups is 3. The maximum Gasteiger partial charge on any atom is 0.407 e. The zero-order valence-corrected chi connectivity index (χ0v) is 19.7. The highest BCUT2D eigenvalue weighted by molar-refractivity contribution is 5.83. The number of carbonyl (C=O) groups excluding carboxylic acids is 2. The highest BCUT2D eigenvalue weighted by Crippen LogP contribution is 2.44. The molecular formula is C27H32N2O5. The Morgan fingerprint density at radius 2 is 1.62 bits per heavy atom. The lowest BCUT2D eigenvalue weighted by molar-refractivity contribution is -0.148. The predicted octanol–water partition coefficient (Wildman–Crippen LogP) is 4.26. The number of likely N-dealkylation sites (N-methyl/N-ethyl adjacent to an activating group) is 1. The van der Waals surface area contributed by atoms with E-state index < -0.39 is 18.1 Å². The summed E-state index contributed by atoms with van der Waals surface area (Å²) >= 11 is 0. The molecule has 2 aliphatic rings. The maximum atomic E-state index is 12.4. The molecule has 3 atom stereocenters. The lowest BCUT2D eigenvalue weighted by Crippen LogP contribution is -2.40. The second-order valence-electron chi connectivity index (χ2n) is 9.47. The van der Waals surface area contributed by atoms with Crippen LogP contribution in [0, 0.1) is 11.8 Å². The Morgan fingerprint density at radius 1 is 1.03 bits per heavy atom. The minimum atomic E-state index is -1.01. The van der Waals surface area contributed by atoms with Crippen molar-refractivity contribution in [2.45, 2.75) is 44.6 Å². The van der Waals surface area contributed by atoms with Gasteiger partial charge in [-0.05, 0) is 60.3 Å². The van der Waals surface area contributed by atoms with Gasteiger partial charge in [-0.3, -0.25) is 4.79 Å². The van der Waals surface area contributed by atoms with Gasteiger partial charge in [0.2, 0.25) is 5.91 Å². The van der Waals surface area contributed by atoms with Crippen LogP contribution in [0.4, 0.5) is 4.79 Å². The molecule has 0 bridgehead atoms. The zero-order valence-electron chi connectivity index (χ0n) is 19.7. The molecule has 34 heavy (non-hydrogen) atoms. The number of nitrogens with one attached hydrogen (secondary N) is 1. The number of carboxylic acid groups (broad SMARTS) is 1. The zero-order chi connectivity index (χ0) is 24.2. The number of ether oxygens (including phenoxy) is 1. The molecule has 2 aromatic rings. The summed E-state index contributed by atoms with van der Waals surface area (Å²) in [5.74, 6) is -0.617. The minimum absolute atomic E-state index is 0.0326. The summed E-state index contributed by atoms with van der Waals surface area (Å²) in [4.78, 5) is 37.2. The van der Waals surface area contributed by atoms with Crippen LogP contribution in [-0.4, -0.2) is 54.2 Å². The van der Waals surface area contributed by atoms with Gasteiger partial charge < -0.3 is 20.1 Å². The molecule has 2 N–H and O–H groups in total. The van der Waals surface area contributed by atoms with Crippen molar-refractivity contribution in [2.24, 2.45) is 11.8 Å². The monoisotopic (exact) mass is 464 g/mol. The average molecular weight is 465 g/mol. The van der Waals surface area contributed by atoms with Crippen LogP contribution in [0.3, 0.4) is 0 Å². The number of aliphatic carboxylic acids is 1. The highest BCUT2D eigenvalue weighted by atomic mass is 16.5. The summed E-state index contributed by atoms with van der Waals surface area (Å²) in [6.45, 7) is 2.31. The summed E-state index contributed by atoms with van der Waals surface area (Å²) in [6, 6.07) is 15.6. The van der Waals surface area contributed by atoms with Crippen LogP contribution in [0.1, 0.15) is 49.7 Å². The lowest BCUT2D eigenvalue weighted by atomic mass is 9.98. The first-order valence-corrected chi connectivity index (χ1v) is 11.9. The Morgan fingerprint density at radius 3 is 2.24 bits per heavy atom. The molecule has 0 aliphatic heterocycles. The van der Waals surface area contributed by atoms with E-state index in [9.17, 15) is 14.4 Å². The van der Waals surface area contributed by atoms with Crippen molar-refractivity contribution in [3.05, 3.63) is 59.7 Å². The van der Waals surface area contributed by atoms with Gasteiger partial charge in [0.1, 0.15) is 12.6 Å². The SMILES string of the molecule is CC(C(=O)O)N(C)C(=O)CC1CCC(CNC(=O)OCC2c3ccccc3-c3ccccc32)C1. The van der Waals surface area contributed by atoms with E-state index in [1.54, 1.807) is 0 Å². The number of alkyl carbamates (subject to hydrolysis) is 1. The Balaban J connectivity index is 1.23. The van der Waals surface area contributed by atoms with Crippen LogP contribution in [-0.2, 0) is 14.3 Å². The Hall–Kier alpha value is -3.35. The van der Waals surface area contributed by atoms with Gasteiger partial charge in [-0.15, -0.1) is 0 Å². The minimum Gasteiger partial charge on any atom is -0.480 e. The van der Waals surface area contributed by atoms with Gasteiger partial charge in [0.25, 0.3) is 0 Å². The molecule has 3 unspecified atom stereocenters. The van der Waals surface area contributed by atoms with Gasteiger partial charge in [-0.1, -0.05) is 48.5 Å². The van der Waals surface area contributed by atoms with Crippen LogP contribution >= 0.6 is 0 Å². The quantitative estimate of drug-likeness (QED) is 0.609. The molecule has 1 saturated carbocycles. The third-order valence-electron chi connectivity index (χ3n) is 7.32. The van der Waals surface area contributed by atoms with Gasteiger partial charge in [0.15, 0.2) is 0 Å². The molecule has 7 nitrogen and oxygen atoms in total. The Kier molecular flexibility index (Phi) is 7.20. The molecular weight excluding hydrogens is 432 g/mol. The fourth-order valence-corrected chi connectivity index (χ4v) is 5.20. The Bertz CT molecular complexity index is 1020. The second-order valence-corrected chi connectivity index (χ2v) is 9.47. The van der Waals surface area contributed by atoms with Crippen LogP contribution < -0.4 is 5.32 Å². The van der Waals surface area contributed by atoms with E-state index in [-0.39, 0.29) is 24.3 Å². The van der Waals surface area contributed by atoms with Crippen LogP contribution in [0.2, 0.25) is 0 Å². The number of carboxylic acids is 1. The van der Waals surface area contributed by atoms with Crippen molar-refractivity contribution in [1.82, 2.24) is 10.2 Å². The largest absolute Gasteiger partial charge is 0.480 e. The van der Waals surface area contributed by atoms with Gasteiger partial charge in [-0.2, -0.15) is 0 Å². The maximum absolute atomic E-state index is 12.4. The van der Waals surface area contributed by atoms with E-state index in [2.05, 4.69) is 29.6 Å². The molecule has 0 spiro atoms. The van der Waals surface area contributed by atoms with Crippen molar-refractivity contribution in [2.75, 3.05) is 20.2 Å². The molecule has 0 aromatic heterocycles. The number of nitrogens with zero attached hydrogens (tertiary/aromatic N) is 1. The summed E-state index contributed by atoms with van der Waals surface area (Å²) in [5.41, 5.74) is 4.76. The second kappa shape index (κ2) is 10.3. The Labute approximate surface area is 200 Å². The molecule has 2 aromatic carbocycles. The number of hydrogen-bond donors (Lipinski definition) is 2. The number of hydrogen-bond acceptors (Lipinski definition) is 4. The van der Waals surface area contributed by atoms with Crippen LogP contribution in [0.15, 0.2) is 48.5 Å². The van der Waals surface area contributed by atoms with E-state index in [1.165, 1.54) is 41.1 Å². The smallest absolute Gasteiger partial charge is 0.407 e. The molecule has 180 valence electrons. The first-order valence-electron chi connectivity index (χ1n) is 11.9. The topological polar surface area (TPSA) is 95.9 Å². The van der Waals surface area contributed by atoms with Crippen molar-refractivity contribution in [3.63, 3.8) is 0 Å². The molecule has 2 aliphatic carbocycles. The van der Waals surface area contributed by atoms with Crippen LogP contribution in [0.25, 0.3) is 11.1 Å². The standard InChI is InChI=1S/C27H32N2O5/c1-17(26(31)32)29(2)25(30)14-18-11-12-19(13-18)15-28-27(33)34-16-24-22-9-5-3-7-20(22)21-8-4-6-10-23(21)24/h3-10,17-19,24H,11-16H2,1-2H3,(H,28,33)(H,31,32). The fourth-order valence-electron chi connectivity index (χ4n) is 5.20. The summed E-state index contributed by atoms with van der Waals surface area (Å²) < 4.78 is 5.60. The number of benzene rings is 2. The molecule has 1 fully saturated rings. The van der Waals surface area contributed by atoms with Gasteiger partial charge >= 0.3 is 12.1 Å². The molecule has 4 rings (SSSR count). The molecule has 7 heteroatoms. The normalized spacial score (nSPS) is 19.7. The number of fused-ring (bicyclic) bond motifs is 3. The molecule has 2 amide bonds. The van der Waals surface area contributed by atoms with Crippen molar-refractivity contribution in [1.29, 1.82) is 0 Å². The van der Waals surface area contributed by atoms with Crippen molar-refractivity contribution in [3.8, 4) is 11.1 Å². The first kappa shape index (κ1) is 23.8. The number of amides is 2. The predicted molar refractivity (Wildman–Crippen MR) is 128 cm³/mol. The van der Waals surface area contributed by atoms with Crippen LogP contribution in [0.5, 0.6) is 0 Å². The molecule has 0 heterocycles. The summed E-state index contributed by atoms with van der Waals surface area (Å²) in [7, 11) is 1.53. The van der Waals surface area contributed by atoms with E-state index in [0.717, 1.165) is 19.3 Å². The van der Waals surface area contributed by atoms with Crippen molar-refractivity contribution >= 4 is 18.0 Å². The van der Waals surface area contributed by atoms with E-state index in [0.29, 0.717) is 18.9 Å². The van der Waals surface area contributed by atoms with E-state index >= 15 is 0 Å². The number of rotatable bonds is 8. The van der Waals surface area contributed by atoms with Gasteiger partial charge in [0, 0.05) is 25.9 Å². The molecule has 0 saturated heterocycles. The van der Waals surface area contributed by atoms with Gasteiger partial charge in [-0.25, -0.2) is 9.59 Å². The summed E-state index contributed by atoms with van der Waals surface area (Å²) in [5, 5.41) is 12.0. The van der Waals surface area contributed by atoms with E-state index in [1.807, 2.05) is 24.3 Å². The fraction of sp³-hybridized carbons (Fsp3) is 0.444. The highest BCUT2D eigenvalue weighted by Gasteiger charge is 2.31.